The molecular weight excluding hydrogens is 214 g/mol. The molecule has 1 amide bonds. The first-order valence-electron chi connectivity index (χ1n) is 4.65. The van der Waals surface area contributed by atoms with Gasteiger partial charge in [0.25, 0.3) is 5.91 Å². The minimum absolute atomic E-state index is 0.0361. The molecule has 0 radical (unpaired) electrons. The van der Waals surface area contributed by atoms with Gasteiger partial charge in [-0.1, -0.05) is 0 Å². The molecular formula is C8H11N5O3. The second kappa shape index (κ2) is 4.08. The summed E-state index contributed by atoms with van der Waals surface area (Å²) < 4.78 is 5.03. The van der Waals surface area contributed by atoms with Crippen molar-refractivity contribution in [1.82, 2.24) is 5.32 Å². The van der Waals surface area contributed by atoms with E-state index in [9.17, 15) is 4.79 Å². The van der Waals surface area contributed by atoms with Crippen molar-refractivity contribution in [1.29, 1.82) is 0 Å². The molecule has 0 bridgehead atoms. The monoisotopic (exact) mass is 225 g/mol. The molecule has 0 saturated carbocycles. The van der Waals surface area contributed by atoms with Crippen LogP contribution in [0.2, 0.25) is 0 Å². The van der Waals surface area contributed by atoms with Crippen LogP contribution >= 0.6 is 0 Å². The molecule has 8 nitrogen and oxygen atoms in total. The normalized spacial score (nSPS) is 27.2. The number of carbonyl (C=O) groups excluding carboxylic acids is 1. The fourth-order valence-corrected chi connectivity index (χ4v) is 1.34. The first kappa shape index (κ1) is 10.9. The molecule has 0 aromatic heterocycles. The minimum Gasteiger partial charge on any atom is -0.394 e. The Morgan fingerprint density at radius 1 is 1.62 bits per heavy atom. The summed E-state index contributed by atoms with van der Waals surface area (Å²) in [7, 11) is 0. The van der Waals surface area contributed by atoms with Gasteiger partial charge in [-0.3, -0.25) is 10.5 Å². The molecule has 0 aromatic rings. The third kappa shape index (κ3) is 1.98. The number of aliphatic imine (C=N–C) groups is 3. The highest BCUT2D eigenvalue weighted by Crippen LogP contribution is 2.10. The van der Waals surface area contributed by atoms with E-state index in [1.165, 1.54) is 6.34 Å². The van der Waals surface area contributed by atoms with Gasteiger partial charge in [0.15, 0.2) is 11.5 Å². The maximum absolute atomic E-state index is 11.5. The summed E-state index contributed by atoms with van der Waals surface area (Å²) in [6, 6.07) is 0. The Morgan fingerprint density at radius 2 is 2.44 bits per heavy atom. The Balaban J connectivity index is 2.12. The number of fused-ring (bicyclic) bond motifs is 1. The molecule has 8 heteroatoms. The van der Waals surface area contributed by atoms with Crippen LogP contribution in [0.4, 0.5) is 0 Å². The van der Waals surface area contributed by atoms with E-state index >= 15 is 0 Å². The molecule has 4 N–H and O–H groups in total. The lowest BCUT2D eigenvalue weighted by Gasteiger charge is -2.29. The van der Waals surface area contributed by atoms with Crippen LogP contribution in [0.15, 0.2) is 15.0 Å². The quantitative estimate of drug-likeness (QED) is 0.462. The number of hydrogen-bond donors (Lipinski definition) is 3. The van der Waals surface area contributed by atoms with Gasteiger partial charge in [0.2, 0.25) is 5.79 Å². The number of aliphatic hydroxyl groups is 1. The Kier molecular flexibility index (Phi) is 2.77. The molecule has 2 rings (SSSR count). The van der Waals surface area contributed by atoms with Crippen LogP contribution in [0.1, 0.15) is 0 Å². The van der Waals surface area contributed by atoms with Crippen molar-refractivity contribution in [3.63, 3.8) is 0 Å². The number of nitrogens with one attached hydrogen (secondary N) is 1. The van der Waals surface area contributed by atoms with Crippen LogP contribution in [0.5, 0.6) is 0 Å². The lowest BCUT2D eigenvalue weighted by Crippen LogP contribution is -2.63. The lowest BCUT2D eigenvalue weighted by atomic mass is 10.2. The van der Waals surface area contributed by atoms with Crippen molar-refractivity contribution in [2.75, 3.05) is 19.8 Å². The zero-order chi connectivity index (χ0) is 11.6. The maximum Gasteiger partial charge on any atom is 0.276 e. The number of amidine groups is 1. The van der Waals surface area contributed by atoms with E-state index in [2.05, 4.69) is 20.3 Å². The molecule has 2 heterocycles. The molecule has 0 spiro atoms. The minimum atomic E-state index is -1.34. The number of hydrogen-bond acceptors (Lipinski definition) is 7. The van der Waals surface area contributed by atoms with Crippen molar-refractivity contribution in [3.8, 4) is 0 Å². The fraction of sp³-hybridized carbons (Fsp3) is 0.500. The van der Waals surface area contributed by atoms with E-state index in [0.717, 1.165) is 0 Å². The smallest absolute Gasteiger partial charge is 0.276 e. The average molecular weight is 225 g/mol. The van der Waals surface area contributed by atoms with Gasteiger partial charge in [-0.25, -0.2) is 15.0 Å². The molecule has 0 aliphatic carbocycles. The van der Waals surface area contributed by atoms with Gasteiger partial charge in [0, 0.05) is 0 Å². The van der Waals surface area contributed by atoms with Gasteiger partial charge < -0.3 is 15.2 Å². The summed E-state index contributed by atoms with van der Waals surface area (Å²) in [5.41, 5.74) is 5.95. The zero-order valence-corrected chi connectivity index (χ0v) is 8.38. The number of nitrogens with zero attached hydrogens (tertiary/aromatic N) is 3. The highest BCUT2D eigenvalue weighted by atomic mass is 16.5. The van der Waals surface area contributed by atoms with Gasteiger partial charge in [-0.15, -0.1) is 0 Å². The van der Waals surface area contributed by atoms with E-state index in [4.69, 9.17) is 15.6 Å². The Bertz CT molecular complexity index is 402. The van der Waals surface area contributed by atoms with Gasteiger partial charge in [-0.2, -0.15) is 0 Å². The third-order valence-electron chi connectivity index (χ3n) is 1.99. The van der Waals surface area contributed by atoms with Crippen LogP contribution in [0.3, 0.4) is 0 Å². The van der Waals surface area contributed by atoms with E-state index in [-0.39, 0.29) is 31.4 Å². The Morgan fingerprint density at radius 3 is 3.19 bits per heavy atom. The number of rotatable bonds is 4. The summed E-state index contributed by atoms with van der Waals surface area (Å²) in [4.78, 5) is 23.1. The van der Waals surface area contributed by atoms with Crippen molar-refractivity contribution >= 4 is 23.8 Å². The SMILES string of the molecule is NC1(COCCO)N=C2N=CN=C2C(=O)N1. The third-order valence-corrected chi connectivity index (χ3v) is 1.99. The van der Waals surface area contributed by atoms with Crippen molar-refractivity contribution in [2.45, 2.75) is 5.79 Å². The van der Waals surface area contributed by atoms with E-state index in [1.54, 1.807) is 0 Å². The topological polar surface area (TPSA) is 122 Å². The summed E-state index contributed by atoms with van der Waals surface area (Å²) >= 11 is 0. The maximum atomic E-state index is 11.5. The van der Waals surface area contributed by atoms with Crippen LogP contribution in [-0.2, 0) is 9.53 Å². The number of amides is 1. The highest BCUT2D eigenvalue weighted by Gasteiger charge is 2.37. The largest absolute Gasteiger partial charge is 0.394 e. The summed E-state index contributed by atoms with van der Waals surface area (Å²) in [6.07, 6.45) is 1.24. The lowest BCUT2D eigenvalue weighted by molar-refractivity contribution is -0.117. The second-order valence-corrected chi connectivity index (χ2v) is 3.31. The number of aliphatic hydroxyl groups excluding tert-OH is 1. The predicted octanol–water partition coefficient (Wildman–Crippen LogP) is -2.38. The summed E-state index contributed by atoms with van der Waals surface area (Å²) in [5.74, 6) is -1.57. The molecule has 1 unspecified atom stereocenters. The first-order valence-corrected chi connectivity index (χ1v) is 4.65. The van der Waals surface area contributed by atoms with E-state index < -0.39 is 11.7 Å². The van der Waals surface area contributed by atoms with Gasteiger partial charge in [0.1, 0.15) is 12.9 Å². The molecule has 16 heavy (non-hydrogen) atoms. The second-order valence-electron chi connectivity index (χ2n) is 3.31. The van der Waals surface area contributed by atoms with E-state index in [1.807, 2.05) is 0 Å². The number of nitrogens with two attached hydrogens (primary N) is 1. The zero-order valence-electron chi connectivity index (χ0n) is 8.38. The van der Waals surface area contributed by atoms with Crippen molar-refractivity contribution in [3.05, 3.63) is 0 Å². The first-order chi connectivity index (χ1) is 7.64. The molecule has 2 aliphatic heterocycles. The fourth-order valence-electron chi connectivity index (χ4n) is 1.34. The van der Waals surface area contributed by atoms with Crippen LogP contribution < -0.4 is 11.1 Å². The van der Waals surface area contributed by atoms with Crippen LogP contribution in [0, 0.1) is 0 Å². The van der Waals surface area contributed by atoms with Gasteiger partial charge in [0.05, 0.1) is 13.2 Å². The summed E-state index contributed by atoms with van der Waals surface area (Å²) in [6.45, 7) is -0.0268. The molecule has 2 aliphatic rings. The van der Waals surface area contributed by atoms with E-state index in [0.29, 0.717) is 0 Å². The van der Waals surface area contributed by atoms with Gasteiger partial charge >= 0.3 is 0 Å². The molecule has 0 aromatic carbocycles. The number of carbonyl (C=O) groups is 1. The van der Waals surface area contributed by atoms with Gasteiger partial charge in [-0.05, 0) is 0 Å². The van der Waals surface area contributed by atoms with Crippen LogP contribution in [-0.4, -0.2) is 54.5 Å². The number of ether oxygens (including phenoxy) is 1. The standard InChI is InChI=1S/C8H11N5O3/c9-8(3-16-2-1-14)12-6-5(7(15)13-8)10-4-11-6/h4,14H,1-3,9H2,(H,13,15). The van der Waals surface area contributed by atoms with Crippen molar-refractivity contribution < 1.29 is 14.6 Å². The Hall–Kier alpha value is -1.64. The predicted molar refractivity (Wildman–Crippen MR) is 56.3 cm³/mol. The molecule has 0 fully saturated rings. The van der Waals surface area contributed by atoms with Crippen molar-refractivity contribution in [2.24, 2.45) is 20.7 Å². The Labute approximate surface area is 90.9 Å². The average Bonchev–Trinajstić information content (AvgIpc) is 2.65. The molecule has 1 atom stereocenters. The molecule has 86 valence electrons. The highest BCUT2D eigenvalue weighted by molar-refractivity contribution is 6.69. The summed E-state index contributed by atoms with van der Waals surface area (Å²) in [5, 5.41) is 11.0. The molecule has 0 saturated heterocycles. The van der Waals surface area contributed by atoms with Crippen LogP contribution in [0.25, 0.3) is 0 Å².